The molecule has 0 aliphatic carbocycles. The van der Waals surface area contributed by atoms with Crippen LogP contribution in [0.1, 0.15) is 21.0 Å². The van der Waals surface area contributed by atoms with Crippen LogP contribution < -0.4 is 5.32 Å². The monoisotopic (exact) mass is 275 g/mol. The van der Waals surface area contributed by atoms with E-state index in [9.17, 15) is 9.59 Å². The van der Waals surface area contributed by atoms with Gasteiger partial charge in [-0.2, -0.15) is 0 Å². The number of esters is 1. The van der Waals surface area contributed by atoms with Crippen molar-refractivity contribution in [3.8, 4) is 0 Å². The average Bonchev–Trinajstić information content (AvgIpc) is 2.95. The summed E-state index contributed by atoms with van der Waals surface area (Å²) >= 11 is 0. The first-order valence-electron chi connectivity index (χ1n) is 5.90. The minimum absolute atomic E-state index is 0.0492. The highest BCUT2D eigenvalue weighted by molar-refractivity contribution is 6.08. The van der Waals surface area contributed by atoms with Gasteiger partial charge in [0.05, 0.1) is 12.9 Å². The lowest BCUT2D eigenvalue weighted by Crippen LogP contribution is -2.18. The highest BCUT2D eigenvalue weighted by Gasteiger charge is 2.21. The van der Waals surface area contributed by atoms with Gasteiger partial charge in [0.25, 0.3) is 5.91 Å². The van der Waals surface area contributed by atoms with Crippen molar-refractivity contribution in [3.05, 3.63) is 48.0 Å². The number of nitrogens with one attached hydrogen (secondary N) is 2. The number of anilines is 1. The molecule has 0 radical (unpaired) electrons. The van der Waals surface area contributed by atoms with E-state index in [1.54, 1.807) is 24.3 Å². The van der Waals surface area contributed by atoms with Crippen LogP contribution in [-0.4, -0.2) is 40.2 Å². The number of hydrogen-bond acceptors (Lipinski definition) is 5. The normalized spacial score (nSPS) is 10.1. The van der Waals surface area contributed by atoms with Crippen molar-refractivity contribution >= 4 is 17.6 Å². The van der Waals surface area contributed by atoms with Crippen LogP contribution in [0.4, 0.5) is 5.69 Å². The molecule has 0 saturated heterocycles. The Morgan fingerprint density at radius 1 is 1.30 bits per heavy atom. The number of carbonyl (C=O) groups is 2. The first-order valence-corrected chi connectivity index (χ1v) is 5.90. The Labute approximate surface area is 114 Å². The summed E-state index contributed by atoms with van der Waals surface area (Å²) in [5.74, 6) is -1.26. The van der Waals surface area contributed by atoms with Crippen molar-refractivity contribution in [2.45, 2.75) is 0 Å². The van der Waals surface area contributed by atoms with Crippen LogP contribution in [0, 0.1) is 0 Å². The number of rotatable bonds is 5. The first kappa shape index (κ1) is 13.8. The molecule has 20 heavy (non-hydrogen) atoms. The summed E-state index contributed by atoms with van der Waals surface area (Å²) in [6.07, 6.45) is 1.23. The number of benzene rings is 1. The van der Waals surface area contributed by atoms with E-state index in [0.717, 1.165) is 0 Å². The van der Waals surface area contributed by atoms with Gasteiger partial charge in [0.1, 0.15) is 6.61 Å². The number of nitrogens with zero attached hydrogens (tertiary/aromatic N) is 1. The largest absolute Gasteiger partial charge is 0.459 e. The predicted octanol–water partition coefficient (Wildman–Crippen LogP) is 0.811. The fourth-order valence-corrected chi connectivity index (χ4v) is 1.54. The molecule has 104 valence electrons. The number of H-pyrrole nitrogens is 1. The third-order valence-electron chi connectivity index (χ3n) is 2.41. The first-order chi connectivity index (χ1) is 9.72. The molecule has 1 amide bonds. The average molecular weight is 275 g/mol. The number of aromatic nitrogens is 2. The van der Waals surface area contributed by atoms with Crippen LogP contribution in [0.3, 0.4) is 0 Å². The van der Waals surface area contributed by atoms with E-state index in [1.165, 1.54) is 6.33 Å². The number of ether oxygens (including phenoxy) is 1. The van der Waals surface area contributed by atoms with E-state index in [4.69, 9.17) is 9.84 Å². The molecule has 0 bridgehead atoms. The van der Waals surface area contributed by atoms with E-state index in [0.29, 0.717) is 5.69 Å². The van der Waals surface area contributed by atoms with E-state index in [-0.39, 0.29) is 24.6 Å². The van der Waals surface area contributed by atoms with Gasteiger partial charge in [-0.25, -0.2) is 9.78 Å². The smallest absolute Gasteiger partial charge is 0.357 e. The van der Waals surface area contributed by atoms with E-state index < -0.39 is 11.9 Å². The molecule has 0 fully saturated rings. The maximum Gasteiger partial charge on any atom is 0.357 e. The SMILES string of the molecule is O=C(Nc1ccccc1)c1nc[nH]c1C(=O)OCCO. The maximum absolute atomic E-state index is 12.0. The van der Waals surface area contributed by atoms with Gasteiger partial charge in [-0.05, 0) is 12.1 Å². The van der Waals surface area contributed by atoms with Crippen molar-refractivity contribution in [2.24, 2.45) is 0 Å². The number of aliphatic hydroxyl groups excluding tert-OH is 1. The summed E-state index contributed by atoms with van der Waals surface area (Å²) in [6, 6.07) is 8.80. The van der Waals surface area contributed by atoms with Crippen LogP contribution in [-0.2, 0) is 4.74 Å². The fourth-order valence-electron chi connectivity index (χ4n) is 1.54. The van der Waals surface area contributed by atoms with Gasteiger partial charge in [0, 0.05) is 5.69 Å². The molecule has 2 rings (SSSR count). The van der Waals surface area contributed by atoms with Crippen molar-refractivity contribution < 1.29 is 19.4 Å². The van der Waals surface area contributed by atoms with Crippen LogP contribution in [0.2, 0.25) is 0 Å². The van der Waals surface area contributed by atoms with Crippen LogP contribution in [0.15, 0.2) is 36.7 Å². The van der Waals surface area contributed by atoms with Gasteiger partial charge in [-0.3, -0.25) is 4.79 Å². The molecular formula is C13H13N3O4. The number of carbonyl (C=O) groups excluding carboxylic acids is 2. The molecule has 3 N–H and O–H groups in total. The van der Waals surface area contributed by atoms with E-state index in [2.05, 4.69) is 15.3 Å². The third kappa shape index (κ3) is 3.21. The molecule has 1 aromatic heterocycles. The summed E-state index contributed by atoms with van der Waals surface area (Å²) < 4.78 is 4.74. The molecule has 0 unspecified atom stereocenters. The van der Waals surface area contributed by atoms with Gasteiger partial charge in [0.2, 0.25) is 0 Å². The quantitative estimate of drug-likeness (QED) is 0.700. The van der Waals surface area contributed by atoms with Gasteiger partial charge >= 0.3 is 5.97 Å². The number of imidazole rings is 1. The molecule has 0 saturated carbocycles. The zero-order valence-electron chi connectivity index (χ0n) is 10.5. The van der Waals surface area contributed by atoms with E-state index >= 15 is 0 Å². The van der Waals surface area contributed by atoms with Crippen molar-refractivity contribution in [1.82, 2.24) is 9.97 Å². The van der Waals surface area contributed by atoms with Crippen LogP contribution in [0.5, 0.6) is 0 Å². The lowest BCUT2D eigenvalue weighted by Gasteiger charge is -2.05. The minimum Gasteiger partial charge on any atom is -0.459 e. The number of amides is 1. The van der Waals surface area contributed by atoms with Crippen molar-refractivity contribution in [3.63, 3.8) is 0 Å². The molecule has 7 heteroatoms. The lowest BCUT2D eigenvalue weighted by atomic mass is 10.2. The Bertz CT molecular complexity index is 595. The molecular weight excluding hydrogens is 262 g/mol. The molecule has 1 aromatic carbocycles. The van der Waals surface area contributed by atoms with Gasteiger partial charge in [-0.1, -0.05) is 18.2 Å². The Hall–Kier alpha value is -2.67. The Morgan fingerprint density at radius 3 is 2.75 bits per heavy atom. The molecule has 2 aromatic rings. The minimum atomic E-state index is -0.741. The molecule has 0 aliphatic rings. The summed E-state index contributed by atoms with van der Waals surface area (Å²) in [7, 11) is 0. The Balaban J connectivity index is 2.11. The topological polar surface area (TPSA) is 104 Å². The number of aliphatic hydroxyl groups is 1. The second-order valence-corrected chi connectivity index (χ2v) is 3.81. The zero-order valence-corrected chi connectivity index (χ0v) is 10.5. The number of para-hydroxylation sites is 1. The molecule has 0 atom stereocenters. The van der Waals surface area contributed by atoms with Crippen LogP contribution >= 0.6 is 0 Å². The zero-order chi connectivity index (χ0) is 14.4. The Morgan fingerprint density at radius 2 is 2.05 bits per heavy atom. The predicted molar refractivity (Wildman–Crippen MR) is 70.4 cm³/mol. The van der Waals surface area contributed by atoms with Crippen LogP contribution in [0.25, 0.3) is 0 Å². The Kier molecular flexibility index (Phi) is 4.46. The third-order valence-corrected chi connectivity index (χ3v) is 2.41. The second-order valence-electron chi connectivity index (χ2n) is 3.81. The lowest BCUT2D eigenvalue weighted by molar-refractivity contribution is 0.0425. The standard InChI is InChI=1S/C13H13N3O4/c17-6-7-20-13(19)11-10(14-8-15-11)12(18)16-9-4-2-1-3-5-9/h1-5,8,17H,6-7H2,(H,14,15)(H,16,18). The molecule has 7 nitrogen and oxygen atoms in total. The summed E-state index contributed by atoms with van der Waals surface area (Å²) in [5, 5.41) is 11.2. The second kappa shape index (κ2) is 6.48. The highest BCUT2D eigenvalue weighted by atomic mass is 16.5. The molecule has 0 aliphatic heterocycles. The van der Waals surface area contributed by atoms with Gasteiger partial charge in [-0.15, -0.1) is 0 Å². The van der Waals surface area contributed by atoms with Gasteiger partial charge in [0.15, 0.2) is 11.4 Å². The van der Waals surface area contributed by atoms with Crippen molar-refractivity contribution in [1.29, 1.82) is 0 Å². The summed E-state index contributed by atoms with van der Waals surface area (Å²) in [5.41, 5.74) is 0.485. The number of aromatic amines is 1. The highest BCUT2D eigenvalue weighted by Crippen LogP contribution is 2.10. The molecule has 0 spiro atoms. The van der Waals surface area contributed by atoms with E-state index in [1.807, 2.05) is 6.07 Å². The summed E-state index contributed by atoms with van der Waals surface area (Å²) in [6.45, 7) is -0.428. The fraction of sp³-hybridized carbons (Fsp3) is 0.154. The van der Waals surface area contributed by atoms with Crippen molar-refractivity contribution in [2.75, 3.05) is 18.5 Å². The number of hydrogen-bond donors (Lipinski definition) is 3. The summed E-state index contributed by atoms with van der Waals surface area (Å²) in [4.78, 5) is 30.0. The van der Waals surface area contributed by atoms with Gasteiger partial charge < -0.3 is 20.1 Å². The molecule has 1 heterocycles. The maximum atomic E-state index is 12.0.